The fourth-order valence-corrected chi connectivity index (χ4v) is 4.54. The molecule has 7 heteroatoms. The zero-order valence-corrected chi connectivity index (χ0v) is 16.3. The van der Waals surface area contributed by atoms with Crippen LogP contribution in [0.25, 0.3) is 0 Å². The number of hydrogen-bond donors (Lipinski definition) is 1. The Bertz CT molecular complexity index is 859. The van der Waals surface area contributed by atoms with E-state index < -0.39 is 10.0 Å². The van der Waals surface area contributed by atoms with Crippen LogP contribution in [0.4, 0.5) is 5.69 Å². The van der Waals surface area contributed by atoms with Crippen molar-refractivity contribution in [1.29, 1.82) is 0 Å². The minimum atomic E-state index is -3.46. The van der Waals surface area contributed by atoms with Gasteiger partial charge in [-0.15, -0.1) is 0 Å². The van der Waals surface area contributed by atoms with Gasteiger partial charge in [-0.3, -0.25) is 9.69 Å². The number of piperazine rings is 1. The molecule has 144 valence electrons. The first-order valence-electron chi connectivity index (χ1n) is 9.15. The van der Waals surface area contributed by atoms with Crippen molar-refractivity contribution in [3.8, 4) is 0 Å². The molecule has 0 saturated carbocycles. The summed E-state index contributed by atoms with van der Waals surface area (Å²) in [6.07, 6.45) is 0.963. The molecule has 1 aliphatic heterocycles. The Hall–Kier alpha value is -2.22. The highest BCUT2D eigenvalue weighted by molar-refractivity contribution is 7.89. The van der Waals surface area contributed by atoms with Gasteiger partial charge in [-0.2, -0.15) is 4.31 Å². The summed E-state index contributed by atoms with van der Waals surface area (Å²) in [4.78, 5) is 14.5. The summed E-state index contributed by atoms with van der Waals surface area (Å²) < 4.78 is 26.8. The average Bonchev–Trinajstić information content (AvgIpc) is 2.69. The maximum atomic E-state index is 12.6. The predicted molar refractivity (Wildman–Crippen MR) is 106 cm³/mol. The monoisotopic (exact) mass is 387 g/mol. The molecule has 0 bridgehead atoms. The van der Waals surface area contributed by atoms with Crippen molar-refractivity contribution in [2.45, 2.75) is 18.2 Å². The number of sulfonamides is 1. The predicted octanol–water partition coefficient (Wildman–Crippen LogP) is 2.19. The Morgan fingerprint density at radius 3 is 2.19 bits per heavy atom. The Morgan fingerprint density at radius 2 is 1.59 bits per heavy atom. The van der Waals surface area contributed by atoms with E-state index in [2.05, 4.69) is 12.2 Å². The summed E-state index contributed by atoms with van der Waals surface area (Å²) in [5.41, 5.74) is 2.01. The standard InChI is InChI=1S/C20H25N3O3S/c1-2-17-8-10-18(11-9-17)21-20(24)16-22-12-14-23(15-13-22)27(25,26)19-6-4-3-5-7-19/h3-11H,2,12-16H2,1H3,(H,21,24). The number of nitrogens with zero attached hydrogens (tertiary/aromatic N) is 2. The molecule has 27 heavy (non-hydrogen) atoms. The van der Waals surface area contributed by atoms with Gasteiger partial charge in [0, 0.05) is 31.9 Å². The lowest BCUT2D eigenvalue weighted by Crippen LogP contribution is -2.50. The van der Waals surface area contributed by atoms with E-state index in [9.17, 15) is 13.2 Å². The van der Waals surface area contributed by atoms with E-state index in [0.29, 0.717) is 31.1 Å². The van der Waals surface area contributed by atoms with Crippen molar-refractivity contribution in [2.24, 2.45) is 0 Å². The molecule has 0 unspecified atom stereocenters. The van der Waals surface area contributed by atoms with Crippen molar-refractivity contribution in [3.63, 3.8) is 0 Å². The van der Waals surface area contributed by atoms with Gasteiger partial charge in [0.25, 0.3) is 0 Å². The smallest absolute Gasteiger partial charge is 0.243 e. The van der Waals surface area contributed by atoms with Crippen LogP contribution in [0, 0.1) is 0 Å². The van der Waals surface area contributed by atoms with Gasteiger partial charge in [-0.25, -0.2) is 8.42 Å². The minimum Gasteiger partial charge on any atom is -0.325 e. The van der Waals surface area contributed by atoms with E-state index in [1.54, 1.807) is 30.3 Å². The Labute approximate surface area is 160 Å². The zero-order valence-electron chi connectivity index (χ0n) is 15.5. The molecular weight excluding hydrogens is 362 g/mol. The fourth-order valence-electron chi connectivity index (χ4n) is 3.10. The second kappa shape index (κ2) is 8.65. The van der Waals surface area contributed by atoms with E-state index in [4.69, 9.17) is 0 Å². The quantitative estimate of drug-likeness (QED) is 0.825. The molecule has 0 spiro atoms. The Kier molecular flexibility index (Phi) is 6.26. The second-order valence-corrected chi connectivity index (χ2v) is 8.53. The third kappa shape index (κ3) is 4.94. The molecule has 2 aromatic carbocycles. The molecule has 0 aliphatic carbocycles. The Balaban J connectivity index is 1.51. The fraction of sp³-hybridized carbons (Fsp3) is 0.350. The first-order chi connectivity index (χ1) is 13.0. The maximum Gasteiger partial charge on any atom is 0.243 e. The Morgan fingerprint density at radius 1 is 0.963 bits per heavy atom. The van der Waals surface area contributed by atoms with Crippen LogP contribution < -0.4 is 5.32 Å². The van der Waals surface area contributed by atoms with Crippen molar-refractivity contribution in [3.05, 3.63) is 60.2 Å². The number of rotatable bonds is 6. The molecule has 0 radical (unpaired) electrons. The second-order valence-electron chi connectivity index (χ2n) is 6.59. The number of carbonyl (C=O) groups is 1. The lowest BCUT2D eigenvalue weighted by molar-refractivity contribution is -0.117. The van der Waals surface area contributed by atoms with E-state index in [0.717, 1.165) is 12.1 Å². The zero-order chi connectivity index (χ0) is 19.3. The summed E-state index contributed by atoms with van der Waals surface area (Å²) in [6, 6.07) is 16.3. The number of amides is 1. The molecular formula is C20H25N3O3S. The van der Waals surface area contributed by atoms with E-state index in [1.807, 2.05) is 29.2 Å². The highest BCUT2D eigenvalue weighted by atomic mass is 32.2. The van der Waals surface area contributed by atoms with Crippen molar-refractivity contribution >= 4 is 21.6 Å². The van der Waals surface area contributed by atoms with Crippen LogP contribution in [-0.2, 0) is 21.2 Å². The van der Waals surface area contributed by atoms with Crippen molar-refractivity contribution in [1.82, 2.24) is 9.21 Å². The number of anilines is 1. The molecule has 0 atom stereocenters. The van der Waals surface area contributed by atoms with Crippen molar-refractivity contribution in [2.75, 3.05) is 38.0 Å². The summed E-state index contributed by atoms with van der Waals surface area (Å²) in [6.45, 7) is 4.19. The van der Waals surface area contributed by atoms with E-state index >= 15 is 0 Å². The molecule has 0 aromatic heterocycles. The SMILES string of the molecule is CCc1ccc(NC(=O)CN2CCN(S(=O)(=O)c3ccccc3)CC2)cc1. The molecule has 6 nitrogen and oxygen atoms in total. The van der Waals surface area contributed by atoms with Crippen molar-refractivity contribution < 1.29 is 13.2 Å². The maximum absolute atomic E-state index is 12.6. The first-order valence-corrected chi connectivity index (χ1v) is 10.6. The van der Waals surface area contributed by atoms with E-state index in [1.165, 1.54) is 9.87 Å². The molecule has 1 fully saturated rings. The molecule has 1 N–H and O–H groups in total. The molecule has 1 saturated heterocycles. The lowest BCUT2D eigenvalue weighted by atomic mass is 10.1. The summed E-state index contributed by atoms with van der Waals surface area (Å²) in [7, 11) is -3.46. The van der Waals surface area contributed by atoms with Crippen LogP contribution in [0.3, 0.4) is 0 Å². The largest absolute Gasteiger partial charge is 0.325 e. The number of carbonyl (C=O) groups excluding carboxylic acids is 1. The van der Waals surface area contributed by atoms with Crippen LogP contribution in [0.5, 0.6) is 0 Å². The molecule has 1 aliphatic rings. The van der Waals surface area contributed by atoms with Gasteiger partial charge in [0.1, 0.15) is 0 Å². The van der Waals surface area contributed by atoms with Gasteiger partial charge in [0.05, 0.1) is 11.4 Å². The van der Waals surface area contributed by atoms with Gasteiger partial charge < -0.3 is 5.32 Å². The van der Waals surface area contributed by atoms with Crippen LogP contribution in [-0.4, -0.2) is 56.3 Å². The van der Waals surface area contributed by atoms with Crippen LogP contribution in [0.1, 0.15) is 12.5 Å². The van der Waals surface area contributed by atoms with Crippen LogP contribution >= 0.6 is 0 Å². The number of nitrogens with one attached hydrogen (secondary N) is 1. The molecule has 2 aromatic rings. The van der Waals surface area contributed by atoms with Gasteiger partial charge in [-0.05, 0) is 36.2 Å². The molecule has 1 heterocycles. The highest BCUT2D eigenvalue weighted by Crippen LogP contribution is 2.17. The normalized spacial score (nSPS) is 16.2. The van der Waals surface area contributed by atoms with Gasteiger partial charge >= 0.3 is 0 Å². The van der Waals surface area contributed by atoms with Crippen LogP contribution in [0.2, 0.25) is 0 Å². The number of benzene rings is 2. The highest BCUT2D eigenvalue weighted by Gasteiger charge is 2.28. The van der Waals surface area contributed by atoms with Gasteiger partial charge in [-0.1, -0.05) is 37.3 Å². The number of aryl methyl sites for hydroxylation is 1. The summed E-state index contributed by atoms with van der Waals surface area (Å²) >= 11 is 0. The lowest BCUT2D eigenvalue weighted by Gasteiger charge is -2.33. The van der Waals surface area contributed by atoms with Crippen LogP contribution in [0.15, 0.2) is 59.5 Å². The topological polar surface area (TPSA) is 69.7 Å². The van der Waals surface area contributed by atoms with E-state index in [-0.39, 0.29) is 12.5 Å². The average molecular weight is 388 g/mol. The first kappa shape index (κ1) is 19.5. The molecule has 3 rings (SSSR count). The minimum absolute atomic E-state index is 0.0846. The summed E-state index contributed by atoms with van der Waals surface area (Å²) in [5, 5.41) is 2.90. The van der Waals surface area contributed by atoms with Gasteiger partial charge in [0.2, 0.25) is 15.9 Å². The number of hydrogen-bond acceptors (Lipinski definition) is 4. The molecule has 1 amide bonds. The summed E-state index contributed by atoms with van der Waals surface area (Å²) in [5.74, 6) is -0.0846. The van der Waals surface area contributed by atoms with Gasteiger partial charge in [0.15, 0.2) is 0 Å². The third-order valence-electron chi connectivity index (χ3n) is 4.73. The third-order valence-corrected chi connectivity index (χ3v) is 6.64.